The van der Waals surface area contributed by atoms with Gasteiger partial charge in [-0.05, 0) is 37.0 Å². The lowest BCUT2D eigenvalue weighted by molar-refractivity contribution is 0.103. The fourth-order valence-corrected chi connectivity index (χ4v) is 2.83. The van der Waals surface area contributed by atoms with Crippen LogP contribution in [0.3, 0.4) is 0 Å². The summed E-state index contributed by atoms with van der Waals surface area (Å²) in [6.45, 7) is 5.50. The predicted octanol–water partition coefficient (Wildman–Crippen LogP) is 1.51. The van der Waals surface area contributed by atoms with Gasteiger partial charge in [0.2, 0.25) is 0 Å². The normalized spacial score (nSPS) is 25.8. The number of fused-ring (bicyclic) bond motifs is 1. The van der Waals surface area contributed by atoms with Gasteiger partial charge in [0.15, 0.2) is 11.5 Å². The molecule has 0 bridgehead atoms. The van der Waals surface area contributed by atoms with Crippen LogP contribution in [0.15, 0.2) is 18.2 Å². The summed E-state index contributed by atoms with van der Waals surface area (Å²) in [7, 11) is 0. The maximum atomic E-state index is 10.3. The molecule has 116 valence electrons. The first-order chi connectivity index (χ1) is 10.2. The van der Waals surface area contributed by atoms with Crippen molar-refractivity contribution >= 4 is 0 Å². The molecule has 2 N–H and O–H groups in total. The third-order valence-corrected chi connectivity index (χ3v) is 4.23. The molecule has 1 saturated heterocycles. The Morgan fingerprint density at radius 1 is 1.24 bits per heavy atom. The van der Waals surface area contributed by atoms with E-state index in [0.29, 0.717) is 31.8 Å². The number of aliphatic hydroxyl groups is 1. The van der Waals surface area contributed by atoms with Crippen LogP contribution in [-0.2, 0) is 4.74 Å². The molecule has 0 saturated carbocycles. The molecule has 1 aromatic carbocycles. The van der Waals surface area contributed by atoms with Crippen LogP contribution in [-0.4, -0.2) is 44.1 Å². The quantitative estimate of drug-likeness (QED) is 0.861. The molecule has 0 aromatic heterocycles. The maximum Gasteiger partial charge on any atom is 0.161 e. The topological polar surface area (TPSA) is 60.0 Å². The summed E-state index contributed by atoms with van der Waals surface area (Å²) in [6, 6.07) is 5.61. The third-order valence-electron chi connectivity index (χ3n) is 4.23. The van der Waals surface area contributed by atoms with E-state index in [4.69, 9.17) is 14.2 Å². The molecule has 3 unspecified atom stereocenters. The predicted molar refractivity (Wildman–Crippen MR) is 78.8 cm³/mol. The lowest BCUT2D eigenvalue weighted by Crippen LogP contribution is -2.30. The lowest BCUT2D eigenvalue weighted by atomic mass is 10.0. The minimum absolute atomic E-state index is 0.309. The maximum absolute atomic E-state index is 10.3. The summed E-state index contributed by atoms with van der Waals surface area (Å²) >= 11 is 0. The van der Waals surface area contributed by atoms with Crippen LogP contribution in [0, 0.1) is 5.92 Å². The molecule has 1 aromatic rings. The van der Waals surface area contributed by atoms with Crippen LogP contribution in [0.2, 0.25) is 0 Å². The number of benzene rings is 1. The van der Waals surface area contributed by atoms with E-state index in [1.54, 1.807) is 0 Å². The number of nitrogens with one attached hydrogen (secondary N) is 1. The van der Waals surface area contributed by atoms with Gasteiger partial charge in [0, 0.05) is 19.7 Å². The largest absolute Gasteiger partial charge is 0.486 e. The van der Waals surface area contributed by atoms with E-state index in [1.807, 2.05) is 18.2 Å². The molecule has 3 atom stereocenters. The number of rotatable bonds is 5. The standard InChI is InChI=1S/C16H23NO4/c1-11-13(4-5-19-11)9-17-10-14(18)12-2-3-15-16(8-12)21-7-6-20-15/h2-3,8,11,13-14,17-18H,4-7,9-10H2,1H3. The molecule has 5 nitrogen and oxygen atoms in total. The SMILES string of the molecule is CC1OCCC1CNCC(O)c1ccc2c(c1)OCCO2. The highest BCUT2D eigenvalue weighted by Gasteiger charge is 2.24. The number of aliphatic hydroxyl groups excluding tert-OH is 1. The van der Waals surface area contributed by atoms with E-state index in [1.165, 1.54) is 0 Å². The number of hydrogen-bond acceptors (Lipinski definition) is 5. The Kier molecular flexibility index (Phi) is 4.63. The van der Waals surface area contributed by atoms with Crippen molar-refractivity contribution in [2.45, 2.75) is 25.6 Å². The van der Waals surface area contributed by atoms with Crippen molar-refractivity contribution in [2.75, 3.05) is 32.9 Å². The van der Waals surface area contributed by atoms with Gasteiger partial charge < -0.3 is 24.6 Å². The summed E-state index contributed by atoms with van der Waals surface area (Å²) in [5.74, 6) is 2.01. The molecule has 2 aliphatic heterocycles. The van der Waals surface area contributed by atoms with Gasteiger partial charge in [0.25, 0.3) is 0 Å². The van der Waals surface area contributed by atoms with Crippen molar-refractivity contribution in [3.8, 4) is 11.5 Å². The van der Waals surface area contributed by atoms with E-state index < -0.39 is 6.10 Å². The zero-order chi connectivity index (χ0) is 14.7. The Hall–Kier alpha value is -1.30. The molecule has 0 spiro atoms. The van der Waals surface area contributed by atoms with Crippen LogP contribution >= 0.6 is 0 Å². The van der Waals surface area contributed by atoms with Gasteiger partial charge in [0.1, 0.15) is 13.2 Å². The van der Waals surface area contributed by atoms with Crippen LogP contribution in [0.4, 0.5) is 0 Å². The van der Waals surface area contributed by atoms with Crippen molar-refractivity contribution in [3.63, 3.8) is 0 Å². The minimum Gasteiger partial charge on any atom is -0.486 e. The molecule has 0 amide bonds. The van der Waals surface area contributed by atoms with Crippen molar-refractivity contribution in [1.29, 1.82) is 0 Å². The fourth-order valence-electron chi connectivity index (χ4n) is 2.83. The first-order valence-electron chi connectivity index (χ1n) is 7.64. The van der Waals surface area contributed by atoms with E-state index in [-0.39, 0.29) is 0 Å². The first-order valence-corrected chi connectivity index (χ1v) is 7.64. The van der Waals surface area contributed by atoms with Gasteiger partial charge in [-0.25, -0.2) is 0 Å². The van der Waals surface area contributed by atoms with Crippen LogP contribution in [0.5, 0.6) is 11.5 Å². The zero-order valence-electron chi connectivity index (χ0n) is 12.4. The molecule has 0 radical (unpaired) electrons. The zero-order valence-corrected chi connectivity index (χ0v) is 12.4. The second-order valence-electron chi connectivity index (χ2n) is 5.70. The van der Waals surface area contributed by atoms with Gasteiger partial charge in [-0.2, -0.15) is 0 Å². The average Bonchev–Trinajstić information content (AvgIpc) is 2.92. The highest BCUT2D eigenvalue weighted by atomic mass is 16.6. The molecule has 0 aliphatic carbocycles. The highest BCUT2D eigenvalue weighted by Crippen LogP contribution is 2.32. The van der Waals surface area contributed by atoms with Crippen molar-refractivity contribution in [1.82, 2.24) is 5.32 Å². The van der Waals surface area contributed by atoms with E-state index in [0.717, 1.165) is 36.6 Å². The summed E-state index contributed by atoms with van der Waals surface area (Å²) in [4.78, 5) is 0. The monoisotopic (exact) mass is 293 g/mol. The molecular formula is C16H23NO4. The van der Waals surface area contributed by atoms with Gasteiger partial charge in [0.05, 0.1) is 12.2 Å². The number of ether oxygens (including phenoxy) is 3. The highest BCUT2D eigenvalue weighted by molar-refractivity contribution is 5.44. The Labute approximate surface area is 125 Å². The molecule has 5 heteroatoms. The van der Waals surface area contributed by atoms with Gasteiger partial charge >= 0.3 is 0 Å². The Bertz CT molecular complexity index is 479. The van der Waals surface area contributed by atoms with Gasteiger partial charge in [-0.1, -0.05) is 6.07 Å². The van der Waals surface area contributed by atoms with E-state index in [2.05, 4.69) is 12.2 Å². The van der Waals surface area contributed by atoms with Crippen molar-refractivity contribution in [3.05, 3.63) is 23.8 Å². The summed E-state index contributed by atoms with van der Waals surface area (Å²) in [5.41, 5.74) is 0.850. The second kappa shape index (κ2) is 6.64. The van der Waals surface area contributed by atoms with Gasteiger partial charge in [-0.15, -0.1) is 0 Å². The molecule has 3 rings (SSSR count). The minimum atomic E-state index is -0.543. The first kappa shape index (κ1) is 14.6. The Morgan fingerprint density at radius 2 is 2.05 bits per heavy atom. The van der Waals surface area contributed by atoms with Crippen LogP contribution in [0.25, 0.3) is 0 Å². The fraction of sp³-hybridized carbons (Fsp3) is 0.625. The smallest absolute Gasteiger partial charge is 0.161 e. The lowest BCUT2D eigenvalue weighted by Gasteiger charge is -2.21. The second-order valence-corrected chi connectivity index (χ2v) is 5.70. The molecule has 1 fully saturated rings. The van der Waals surface area contributed by atoms with Gasteiger partial charge in [-0.3, -0.25) is 0 Å². The Morgan fingerprint density at radius 3 is 2.81 bits per heavy atom. The summed E-state index contributed by atoms with van der Waals surface area (Å²) < 4.78 is 16.6. The molecule has 2 heterocycles. The Balaban J connectivity index is 1.52. The van der Waals surface area contributed by atoms with Crippen LogP contribution in [0.1, 0.15) is 25.0 Å². The molecule has 21 heavy (non-hydrogen) atoms. The van der Waals surface area contributed by atoms with Crippen LogP contribution < -0.4 is 14.8 Å². The summed E-state index contributed by atoms with van der Waals surface area (Å²) in [5, 5.41) is 13.6. The summed E-state index contributed by atoms with van der Waals surface area (Å²) in [6.07, 6.45) is 0.858. The number of hydrogen-bond donors (Lipinski definition) is 2. The van der Waals surface area contributed by atoms with Crippen molar-refractivity contribution < 1.29 is 19.3 Å². The molecule has 2 aliphatic rings. The van der Waals surface area contributed by atoms with E-state index >= 15 is 0 Å². The van der Waals surface area contributed by atoms with Crippen molar-refractivity contribution in [2.24, 2.45) is 5.92 Å². The molecular weight excluding hydrogens is 270 g/mol. The average molecular weight is 293 g/mol. The van der Waals surface area contributed by atoms with E-state index in [9.17, 15) is 5.11 Å². The third kappa shape index (κ3) is 3.48.